The number of benzene rings is 2. The van der Waals surface area contributed by atoms with Crippen LogP contribution in [0.5, 0.6) is 17.2 Å². The Morgan fingerprint density at radius 3 is 2.21 bits per heavy atom. The van der Waals surface area contributed by atoms with Crippen LogP contribution in [0.1, 0.15) is 16.5 Å². The summed E-state index contributed by atoms with van der Waals surface area (Å²) in [6, 6.07) is 10.2. The van der Waals surface area contributed by atoms with Gasteiger partial charge in [-0.1, -0.05) is 12.1 Å². The molecular formula is C20H23NO6S2. The number of carbonyl (C=O) groups is 1. The molecule has 0 bridgehead atoms. The van der Waals surface area contributed by atoms with E-state index in [1.165, 1.54) is 25.1 Å². The van der Waals surface area contributed by atoms with Gasteiger partial charge in [-0.3, -0.25) is 4.79 Å². The van der Waals surface area contributed by atoms with Gasteiger partial charge in [0.05, 0.1) is 32.0 Å². The fourth-order valence-electron chi connectivity index (χ4n) is 3.24. The van der Waals surface area contributed by atoms with Gasteiger partial charge in [0.25, 0.3) is 0 Å². The van der Waals surface area contributed by atoms with Gasteiger partial charge in [-0.15, -0.1) is 11.8 Å². The van der Waals surface area contributed by atoms with Crippen molar-refractivity contribution in [3.8, 4) is 17.2 Å². The molecule has 156 valence electrons. The number of sulfone groups is 1. The Hall–Kier alpha value is -2.39. The van der Waals surface area contributed by atoms with E-state index in [1.807, 2.05) is 6.07 Å². The Labute approximate surface area is 174 Å². The van der Waals surface area contributed by atoms with E-state index in [0.29, 0.717) is 29.5 Å². The molecule has 0 saturated carbocycles. The third kappa shape index (κ3) is 4.30. The zero-order valence-corrected chi connectivity index (χ0v) is 18.3. The van der Waals surface area contributed by atoms with E-state index in [9.17, 15) is 13.2 Å². The highest BCUT2D eigenvalue weighted by molar-refractivity contribution is 8.00. The lowest BCUT2D eigenvalue weighted by Gasteiger charge is -2.26. The van der Waals surface area contributed by atoms with Gasteiger partial charge in [-0.2, -0.15) is 0 Å². The monoisotopic (exact) mass is 437 g/mol. The fraction of sp³-hybridized carbons (Fsp3) is 0.350. The number of ether oxygens (including phenoxy) is 3. The van der Waals surface area contributed by atoms with Crippen LogP contribution in [0.2, 0.25) is 0 Å². The van der Waals surface area contributed by atoms with Crippen molar-refractivity contribution in [1.29, 1.82) is 0 Å². The van der Waals surface area contributed by atoms with Crippen LogP contribution >= 0.6 is 11.8 Å². The summed E-state index contributed by atoms with van der Waals surface area (Å²) in [5.41, 5.74) is 1.66. The molecule has 0 aromatic heterocycles. The third-order valence-corrected chi connectivity index (χ3v) is 7.04. The second-order valence-electron chi connectivity index (χ2n) is 6.52. The van der Waals surface area contributed by atoms with Gasteiger partial charge in [-0.25, -0.2) is 8.42 Å². The molecule has 1 saturated heterocycles. The number of carbonyl (C=O) groups excluding carboxylic acids is 1. The molecule has 1 fully saturated rings. The number of rotatable bonds is 7. The lowest BCUT2D eigenvalue weighted by Crippen LogP contribution is -2.28. The van der Waals surface area contributed by atoms with Crippen molar-refractivity contribution < 1.29 is 27.4 Å². The molecule has 1 amide bonds. The Morgan fingerprint density at radius 1 is 1.00 bits per heavy atom. The number of methoxy groups -OCH3 is 3. The Balaban J connectivity index is 1.93. The Morgan fingerprint density at radius 2 is 1.66 bits per heavy atom. The summed E-state index contributed by atoms with van der Waals surface area (Å²) in [7, 11) is 1.38. The second-order valence-corrected chi connectivity index (χ2v) is 9.61. The first kappa shape index (κ1) is 21.3. The molecule has 0 N–H and O–H groups in total. The summed E-state index contributed by atoms with van der Waals surface area (Å²) in [4.78, 5) is 14.6. The molecule has 29 heavy (non-hydrogen) atoms. The van der Waals surface area contributed by atoms with Gasteiger partial charge in [0.2, 0.25) is 11.7 Å². The molecule has 1 heterocycles. The molecule has 0 radical (unpaired) electrons. The quantitative estimate of drug-likeness (QED) is 0.659. The number of nitrogens with zero attached hydrogens (tertiary/aromatic N) is 1. The van der Waals surface area contributed by atoms with E-state index < -0.39 is 9.84 Å². The number of amides is 1. The summed E-state index contributed by atoms with van der Waals surface area (Å²) in [5, 5.41) is -0.258. The summed E-state index contributed by atoms with van der Waals surface area (Å²) in [6.07, 6.45) is 1.17. The minimum Gasteiger partial charge on any atom is -0.493 e. The lowest BCUT2D eigenvalue weighted by molar-refractivity contribution is -0.128. The van der Waals surface area contributed by atoms with Gasteiger partial charge in [0.1, 0.15) is 5.37 Å². The van der Waals surface area contributed by atoms with E-state index in [4.69, 9.17) is 14.2 Å². The molecular weight excluding hydrogens is 414 g/mol. The molecule has 7 nitrogen and oxygen atoms in total. The van der Waals surface area contributed by atoms with Gasteiger partial charge < -0.3 is 19.1 Å². The number of hydrogen-bond acceptors (Lipinski definition) is 7. The average molecular weight is 438 g/mol. The zero-order valence-electron chi connectivity index (χ0n) is 16.7. The predicted molar refractivity (Wildman–Crippen MR) is 111 cm³/mol. The van der Waals surface area contributed by atoms with E-state index in [1.54, 1.807) is 49.5 Å². The number of hydrogen-bond donors (Lipinski definition) is 0. The van der Waals surface area contributed by atoms with Crippen molar-refractivity contribution in [2.45, 2.75) is 16.8 Å². The van der Waals surface area contributed by atoms with Crippen molar-refractivity contribution in [1.82, 2.24) is 4.90 Å². The maximum Gasteiger partial charge on any atom is 0.234 e. The third-order valence-electron chi connectivity index (χ3n) is 4.67. The standard InChI is InChI=1S/C20H23NO6S2/c1-25-16-10-9-15(18(26-2)19(16)27-3)20-21(17(22)12-28-20)11-13-5-7-14(8-6-13)29(4,23)24/h5-10,20H,11-12H2,1-4H3. The molecule has 1 aliphatic heterocycles. The topological polar surface area (TPSA) is 82.1 Å². The SMILES string of the molecule is COc1ccc(C2SCC(=O)N2Cc2ccc(S(C)(=O)=O)cc2)c(OC)c1OC. The van der Waals surface area contributed by atoms with Crippen LogP contribution in [-0.4, -0.2) is 52.6 Å². The minimum atomic E-state index is -3.26. The molecule has 0 spiro atoms. The first-order valence-electron chi connectivity index (χ1n) is 8.79. The summed E-state index contributed by atoms with van der Waals surface area (Å²) in [5.74, 6) is 1.90. The highest BCUT2D eigenvalue weighted by Gasteiger charge is 2.36. The van der Waals surface area contributed by atoms with E-state index in [2.05, 4.69) is 0 Å². The second kappa shape index (κ2) is 8.54. The molecule has 1 atom stereocenters. The molecule has 1 unspecified atom stereocenters. The van der Waals surface area contributed by atoms with Crippen LogP contribution in [-0.2, 0) is 21.2 Å². The zero-order chi connectivity index (χ0) is 21.2. The van der Waals surface area contributed by atoms with Crippen LogP contribution in [0, 0.1) is 0 Å². The first-order valence-corrected chi connectivity index (χ1v) is 11.7. The Kier molecular flexibility index (Phi) is 6.28. The normalized spacial score (nSPS) is 16.8. The van der Waals surface area contributed by atoms with Crippen LogP contribution < -0.4 is 14.2 Å². The van der Waals surface area contributed by atoms with Crippen molar-refractivity contribution >= 4 is 27.5 Å². The summed E-state index contributed by atoms with van der Waals surface area (Å²) >= 11 is 1.50. The van der Waals surface area contributed by atoms with Gasteiger partial charge in [0.15, 0.2) is 21.3 Å². The molecule has 2 aromatic carbocycles. The molecule has 0 aliphatic carbocycles. The summed E-state index contributed by atoms with van der Waals surface area (Å²) < 4.78 is 39.7. The first-order chi connectivity index (χ1) is 13.8. The van der Waals surface area contributed by atoms with Crippen molar-refractivity contribution in [3.05, 3.63) is 47.5 Å². The molecule has 9 heteroatoms. The van der Waals surface area contributed by atoms with Crippen LogP contribution in [0.15, 0.2) is 41.3 Å². The number of thioether (sulfide) groups is 1. The smallest absolute Gasteiger partial charge is 0.234 e. The van der Waals surface area contributed by atoms with Gasteiger partial charge in [-0.05, 0) is 29.8 Å². The van der Waals surface area contributed by atoms with E-state index in [0.717, 1.165) is 11.1 Å². The van der Waals surface area contributed by atoms with Crippen molar-refractivity contribution in [2.24, 2.45) is 0 Å². The van der Waals surface area contributed by atoms with Crippen LogP contribution in [0.4, 0.5) is 0 Å². The van der Waals surface area contributed by atoms with Crippen LogP contribution in [0.25, 0.3) is 0 Å². The maximum atomic E-state index is 12.6. The van der Waals surface area contributed by atoms with Crippen molar-refractivity contribution in [3.63, 3.8) is 0 Å². The van der Waals surface area contributed by atoms with E-state index in [-0.39, 0.29) is 16.2 Å². The average Bonchev–Trinajstić information content (AvgIpc) is 3.06. The largest absolute Gasteiger partial charge is 0.493 e. The van der Waals surface area contributed by atoms with Gasteiger partial charge >= 0.3 is 0 Å². The molecule has 3 rings (SSSR count). The predicted octanol–water partition coefficient (Wildman–Crippen LogP) is 2.89. The maximum absolute atomic E-state index is 12.6. The Bertz CT molecular complexity index is 1000. The van der Waals surface area contributed by atoms with Gasteiger partial charge in [0, 0.05) is 18.4 Å². The molecule has 1 aliphatic rings. The minimum absolute atomic E-state index is 0.00373. The fourth-order valence-corrected chi connectivity index (χ4v) is 5.07. The lowest BCUT2D eigenvalue weighted by atomic mass is 10.1. The molecule has 2 aromatic rings. The van der Waals surface area contributed by atoms with E-state index >= 15 is 0 Å². The van der Waals surface area contributed by atoms with Crippen LogP contribution in [0.3, 0.4) is 0 Å². The highest BCUT2D eigenvalue weighted by Crippen LogP contribution is 2.49. The highest BCUT2D eigenvalue weighted by atomic mass is 32.2. The van der Waals surface area contributed by atoms with Crippen molar-refractivity contribution in [2.75, 3.05) is 33.3 Å². The summed E-state index contributed by atoms with van der Waals surface area (Å²) in [6.45, 7) is 0.359.